The van der Waals surface area contributed by atoms with Crippen LogP contribution < -0.4 is 0 Å². The summed E-state index contributed by atoms with van der Waals surface area (Å²) < 4.78 is 4.81. The van der Waals surface area contributed by atoms with Gasteiger partial charge < -0.3 is 0 Å². The lowest BCUT2D eigenvalue weighted by Gasteiger charge is -2.18. The third-order valence-corrected chi connectivity index (χ3v) is 13.2. The topological polar surface area (TPSA) is 38.7 Å². The lowest BCUT2D eigenvalue weighted by molar-refractivity contribution is 0.677. The van der Waals surface area contributed by atoms with Gasteiger partial charge in [0.2, 0.25) is 0 Å². The summed E-state index contributed by atoms with van der Waals surface area (Å²) in [6, 6.07) is 49.9. The van der Waals surface area contributed by atoms with E-state index in [1.165, 1.54) is 63.3 Å². The van der Waals surface area contributed by atoms with Crippen molar-refractivity contribution in [1.82, 2.24) is 15.0 Å². The molecule has 3 nitrogen and oxygen atoms in total. The summed E-state index contributed by atoms with van der Waals surface area (Å²) in [6.45, 7) is 0. The average molecular weight is 722 g/mol. The fourth-order valence-electron chi connectivity index (χ4n) is 8.26. The summed E-state index contributed by atoms with van der Waals surface area (Å²) in [7, 11) is 0. The molecule has 0 fully saturated rings. The van der Waals surface area contributed by atoms with Crippen LogP contribution in [0.1, 0.15) is 29.3 Å². The molecule has 0 saturated heterocycles. The molecule has 0 spiro atoms. The molecule has 0 N–H and O–H groups in total. The van der Waals surface area contributed by atoms with E-state index in [0.29, 0.717) is 16.7 Å². The van der Waals surface area contributed by atoms with Crippen LogP contribution in [0.15, 0.2) is 140 Å². The highest BCUT2D eigenvalue weighted by atomic mass is 35.5. The van der Waals surface area contributed by atoms with Crippen molar-refractivity contribution < 1.29 is 0 Å². The first-order chi connectivity index (χ1) is 25.7. The molecule has 1 aliphatic rings. The number of hydrogen-bond donors (Lipinski definition) is 0. The molecule has 0 aliphatic heterocycles. The molecule has 1 unspecified atom stereocenters. The van der Waals surface area contributed by atoms with Crippen LogP contribution in [0, 0.1) is 0 Å². The third-order valence-electron chi connectivity index (χ3n) is 10.6. The van der Waals surface area contributed by atoms with Gasteiger partial charge in [0.1, 0.15) is 5.82 Å². The van der Waals surface area contributed by atoms with Gasteiger partial charge in [0, 0.05) is 62.4 Å². The van der Waals surface area contributed by atoms with Crippen LogP contribution in [0.25, 0.3) is 85.0 Å². The summed E-state index contributed by atoms with van der Waals surface area (Å²) in [4.78, 5) is 16.2. The number of rotatable bonds is 3. The van der Waals surface area contributed by atoms with E-state index in [0.717, 1.165) is 39.9 Å². The van der Waals surface area contributed by atoms with Crippen LogP contribution in [0.4, 0.5) is 0 Å². The van der Waals surface area contributed by atoms with Gasteiger partial charge in [-0.05, 0) is 70.1 Å². The van der Waals surface area contributed by atoms with Crippen LogP contribution in [0.2, 0.25) is 5.02 Å². The standard InChI is InChI=1S/C46H28ClN3S2/c47-28-24-38(41-36-23-21-27-11-2-4-13-30(27)42(36)52-40(41)25-28)46-49-44(35-22-20-26-10-1-3-12-29(26)31-14-5-6-15-32(31)35)48-45(50-46)37-18-9-17-34-33-16-7-8-19-39(33)51-43(34)37/h1-19,21,23-25,35H,20,22H2. The van der Waals surface area contributed by atoms with Crippen molar-refractivity contribution >= 4 is 85.4 Å². The number of nitrogens with zero attached hydrogens (tertiary/aromatic N) is 3. The predicted molar refractivity (Wildman–Crippen MR) is 221 cm³/mol. The summed E-state index contributed by atoms with van der Waals surface area (Å²) >= 11 is 10.5. The third kappa shape index (κ3) is 4.66. The van der Waals surface area contributed by atoms with E-state index < -0.39 is 0 Å². The number of hydrogen-bond acceptors (Lipinski definition) is 5. The van der Waals surface area contributed by atoms with E-state index in [1.54, 1.807) is 22.7 Å². The normalized spacial score (nSPS) is 14.3. The van der Waals surface area contributed by atoms with Crippen LogP contribution in [0.3, 0.4) is 0 Å². The zero-order valence-corrected chi connectivity index (χ0v) is 30.2. The smallest absolute Gasteiger partial charge is 0.165 e. The molecule has 3 heterocycles. The second-order valence-electron chi connectivity index (χ2n) is 13.5. The second kappa shape index (κ2) is 11.8. The Kier molecular flexibility index (Phi) is 6.85. The van der Waals surface area contributed by atoms with Crippen molar-refractivity contribution in [3.63, 3.8) is 0 Å². The van der Waals surface area contributed by atoms with Crippen molar-refractivity contribution in [3.8, 4) is 33.9 Å². The molecule has 1 atom stereocenters. The summed E-state index contributed by atoms with van der Waals surface area (Å²) in [6.07, 6.45) is 1.82. The van der Waals surface area contributed by atoms with E-state index in [9.17, 15) is 0 Å². The number of halogens is 1. The Balaban J connectivity index is 1.21. The molecule has 0 radical (unpaired) electrons. The van der Waals surface area contributed by atoms with Gasteiger partial charge in [-0.15, -0.1) is 22.7 Å². The number of aryl methyl sites for hydroxylation is 1. The molecule has 11 rings (SSSR count). The van der Waals surface area contributed by atoms with Crippen molar-refractivity contribution in [3.05, 3.63) is 162 Å². The molecule has 246 valence electrons. The Hall–Kier alpha value is -5.46. The molecule has 0 saturated carbocycles. The molecule has 3 aromatic heterocycles. The zero-order chi connectivity index (χ0) is 34.3. The van der Waals surface area contributed by atoms with Gasteiger partial charge in [0.25, 0.3) is 0 Å². The van der Waals surface area contributed by atoms with E-state index in [2.05, 4.69) is 133 Å². The van der Waals surface area contributed by atoms with Crippen molar-refractivity contribution in [1.29, 1.82) is 0 Å². The fraction of sp³-hybridized carbons (Fsp3) is 0.0652. The van der Waals surface area contributed by atoms with Gasteiger partial charge >= 0.3 is 0 Å². The predicted octanol–water partition coefficient (Wildman–Crippen LogP) is 13.5. The van der Waals surface area contributed by atoms with E-state index in [-0.39, 0.29) is 5.92 Å². The molecular formula is C46H28ClN3S2. The van der Waals surface area contributed by atoms with E-state index >= 15 is 0 Å². The summed E-state index contributed by atoms with van der Waals surface area (Å²) in [5, 5.41) is 7.93. The lowest BCUT2D eigenvalue weighted by atomic mass is 9.90. The van der Waals surface area contributed by atoms with Gasteiger partial charge in [-0.3, -0.25) is 0 Å². The van der Waals surface area contributed by atoms with E-state index in [1.807, 2.05) is 6.07 Å². The summed E-state index contributed by atoms with van der Waals surface area (Å²) in [5.74, 6) is 2.10. The van der Waals surface area contributed by atoms with E-state index in [4.69, 9.17) is 26.6 Å². The second-order valence-corrected chi connectivity index (χ2v) is 16.1. The maximum atomic E-state index is 6.97. The highest BCUT2D eigenvalue weighted by molar-refractivity contribution is 7.27. The first-order valence-electron chi connectivity index (χ1n) is 17.6. The zero-order valence-electron chi connectivity index (χ0n) is 27.8. The Labute approximate surface area is 312 Å². The average Bonchev–Trinajstić information content (AvgIpc) is 3.71. The van der Waals surface area contributed by atoms with Gasteiger partial charge in [-0.25, -0.2) is 15.0 Å². The molecule has 7 aromatic carbocycles. The number of thiophene rings is 2. The minimum Gasteiger partial charge on any atom is -0.212 e. The lowest BCUT2D eigenvalue weighted by Crippen LogP contribution is -2.11. The Morgan fingerprint density at radius 1 is 0.519 bits per heavy atom. The number of fused-ring (bicyclic) bond motifs is 11. The highest BCUT2D eigenvalue weighted by Gasteiger charge is 2.28. The Morgan fingerprint density at radius 2 is 1.23 bits per heavy atom. The quantitative estimate of drug-likeness (QED) is 0.182. The van der Waals surface area contributed by atoms with Crippen LogP contribution in [0.5, 0.6) is 0 Å². The van der Waals surface area contributed by atoms with Gasteiger partial charge in [-0.2, -0.15) is 0 Å². The minimum absolute atomic E-state index is 0.0245. The van der Waals surface area contributed by atoms with Crippen LogP contribution >= 0.6 is 34.3 Å². The maximum Gasteiger partial charge on any atom is 0.165 e. The van der Waals surface area contributed by atoms with Gasteiger partial charge in [-0.1, -0.05) is 127 Å². The Morgan fingerprint density at radius 3 is 2.15 bits per heavy atom. The highest BCUT2D eigenvalue weighted by Crippen LogP contribution is 2.46. The fourth-order valence-corrected chi connectivity index (χ4v) is 11.1. The van der Waals surface area contributed by atoms with Crippen molar-refractivity contribution in [2.24, 2.45) is 0 Å². The molecule has 52 heavy (non-hydrogen) atoms. The molecule has 6 heteroatoms. The van der Waals surface area contributed by atoms with Crippen LogP contribution in [-0.2, 0) is 6.42 Å². The Bertz CT molecular complexity index is 3070. The summed E-state index contributed by atoms with van der Waals surface area (Å²) in [5.41, 5.74) is 7.10. The minimum atomic E-state index is -0.0245. The molecule has 0 amide bonds. The maximum absolute atomic E-state index is 6.97. The van der Waals surface area contributed by atoms with Crippen molar-refractivity contribution in [2.75, 3.05) is 0 Å². The van der Waals surface area contributed by atoms with Crippen molar-refractivity contribution in [2.45, 2.75) is 18.8 Å². The number of aromatic nitrogens is 3. The first-order valence-corrected chi connectivity index (χ1v) is 19.6. The monoisotopic (exact) mass is 721 g/mol. The molecule has 0 bridgehead atoms. The molecular weight excluding hydrogens is 694 g/mol. The van der Waals surface area contributed by atoms with Crippen LogP contribution in [-0.4, -0.2) is 15.0 Å². The van der Waals surface area contributed by atoms with Gasteiger partial charge in [0.05, 0.1) is 0 Å². The molecule has 10 aromatic rings. The first kappa shape index (κ1) is 30.2. The molecule has 1 aliphatic carbocycles. The SMILES string of the molecule is Clc1cc(-c2nc(-c3cccc4c3sc3ccccc34)nc(C3CCc4ccccc4-c4ccccc43)n2)c2c(c1)sc1c3ccccc3ccc12. The number of benzene rings is 7. The van der Waals surface area contributed by atoms with Gasteiger partial charge in [0.15, 0.2) is 11.6 Å². The largest absolute Gasteiger partial charge is 0.212 e.